The van der Waals surface area contributed by atoms with Gasteiger partial charge in [0, 0.05) is 23.7 Å². The lowest BCUT2D eigenvalue weighted by molar-refractivity contribution is 0.0280. The highest BCUT2D eigenvalue weighted by Gasteiger charge is 2.38. The Hall–Kier alpha value is -1.22. The van der Waals surface area contributed by atoms with Gasteiger partial charge in [0.15, 0.2) is 0 Å². The molecule has 6 nitrogen and oxygen atoms in total. The molecule has 1 aliphatic carbocycles. The first-order valence-electron chi connectivity index (χ1n) is 7.66. The predicted octanol–water partition coefficient (Wildman–Crippen LogP) is 1.83. The average Bonchev–Trinajstić information content (AvgIpc) is 3.10. The van der Waals surface area contributed by atoms with Crippen molar-refractivity contribution < 1.29 is 13.5 Å². The SMILES string of the molecule is CCc1ccc(S(=O)(=O)N[C@H](c2cnn(C)c2)C2CC(O)C2)s1. The quantitative estimate of drug-likeness (QED) is 0.828. The average molecular weight is 355 g/mol. The number of thiophene rings is 1. The highest BCUT2D eigenvalue weighted by Crippen LogP contribution is 2.39. The van der Waals surface area contributed by atoms with Gasteiger partial charge in [-0.15, -0.1) is 11.3 Å². The number of hydrogen-bond acceptors (Lipinski definition) is 5. The third-order valence-electron chi connectivity index (χ3n) is 4.24. The normalized spacial score (nSPS) is 22.7. The molecule has 1 atom stereocenters. The lowest BCUT2D eigenvalue weighted by Gasteiger charge is -2.37. The number of aromatic nitrogens is 2. The van der Waals surface area contributed by atoms with Crippen molar-refractivity contribution in [1.82, 2.24) is 14.5 Å². The first-order chi connectivity index (χ1) is 10.9. The van der Waals surface area contributed by atoms with Gasteiger partial charge in [0.1, 0.15) is 4.21 Å². The van der Waals surface area contributed by atoms with Crippen LogP contribution in [0.4, 0.5) is 0 Å². The van der Waals surface area contributed by atoms with E-state index in [2.05, 4.69) is 9.82 Å². The molecule has 0 amide bonds. The molecule has 2 aromatic heterocycles. The van der Waals surface area contributed by atoms with Crippen LogP contribution in [0.2, 0.25) is 0 Å². The Balaban J connectivity index is 1.85. The van der Waals surface area contributed by atoms with E-state index < -0.39 is 10.0 Å². The molecule has 8 heteroatoms. The van der Waals surface area contributed by atoms with Crippen LogP contribution in [-0.4, -0.2) is 29.4 Å². The molecule has 2 heterocycles. The first kappa shape index (κ1) is 16.6. The second-order valence-corrected chi connectivity index (χ2v) is 9.12. The fourth-order valence-electron chi connectivity index (χ4n) is 2.86. The number of hydrogen-bond donors (Lipinski definition) is 2. The highest BCUT2D eigenvalue weighted by molar-refractivity contribution is 7.91. The highest BCUT2D eigenvalue weighted by atomic mass is 32.2. The Bertz CT molecular complexity index is 775. The maximum atomic E-state index is 12.7. The van der Waals surface area contributed by atoms with Gasteiger partial charge in [-0.25, -0.2) is 13.1 Å². The van der Waals surface area contributed by atoms with Crippen molar-refractivity contribution in [2.75, 3.05) is 0 Å². The Labute approximate surface area is 140 Å². The third-order valence-corrected chi connectivity index (χ3v) is 7.40. The molecule has 1 fully saturated rings. The van der Waals surface area contributed by atoms with Crippen LogP contribution in [0, 0.1) is 5.92 Å². The molecule has 126 valence electrons. The van der Waals surface area contributed by atoms with Crippen LogP contribution < -0.4 is 4.72 Å². The molecule has 23 heavy (non-hydrogen) atoms. The minimum atomic E-state index is -3.58. The zero-order valence-corrected chi connectivity index (χ0v) is 14.8. The van der Waals surface area contributed by atoms with E-state index in [1.165, 1.54) is 11.3 Å². The summed E-state index contributed by atoms with van der Waals surface area (Å²) in [5.74, 6) is 0.0922. The van der Waals surface area contributed by atoms with E-state index in [4.69, 9.17) is 0 Å². The fraction of sp³-hybridized carbons (Fsp3) is 0.533. The van der Waals surface area contributed by atoms with Crippen molar-refractivity contribution in [1.29, 1.82) is 0 Å². The van der Waals surface area contributed by atoms with Crippen LogP contribution in [0.25, 0.3) is 0 Å². The van der Waals surface area contributed by atoms with Crippen molar-refractivity contribution in [3.05, 3.63) is 35.0 Å². The maximum absolute atomic E-state index is 12.7. The van der Waals surface area contributed by atoms with Gasteiger partial charge >= 0.3 is 0 Å². The number of sulfonamides is 1. The molecule has 2 aromatic rings. The van der Waals surface area contributed by atoms with E-state index in [0.29, 0.717) is 17.1 Å². The summed E-state index contributed by atoms with van der Waals surface area (Å²) in [7, 11) is -1.77. The Kier molecular flexibility index (Phi) is 4.59. The number of rotatable bonds is 6. The summed E-state index contributed by atoms with van der Waals surface area (Å²) in [6, 6.07) is 3.15. The topological polar surface area (TPSA) is 84.2 Å². The third kappa shape index (κ3) is 3.50. The van der Waals surface area contributed by atoms with Crippen LogP contribution >= 0.6 is 11.3 Å². The van der Waals surface area contributed by atoms with E-state index in [1.54, 1.807) is 24.0 Å². The van der Waals surface area contributed by atoms with E-state index in [-0.39, 0.29) is 18.1 Å². The van der Waals surface area contributed by atoms with Crippen molar-refractivity contribution in [2.24, 2.45) is 13.0 Å². The standard InChI is InChI=1S/C15H21N3O3S2/c1-3-13-4-5-14(22-13)23(20,21)17-15(10-6-12(19)7-10)11-8-16-18(2)9-11/h4-5,8-10,12,15,17,19H,3,6-7H2,1-2H3/t10?,12?,15-/m0/s1. The van der Waals surface area contributed by atoms with E-state index >= 15 is 0 Å². The van der Waals surface area contributed by atoms with Crippen LogP contribution in [-0.2, 0) is 23.5 Å². The van der Waals surface area contributed by atoms with Gasteiger partial charge in [-0.05, 0) is 37.3 Å². The molecule has 0 aliphatic heterocycles. The smallest absolute Gasteiger partial charge is 0.250 e. The lowest BCUT2D eigenvalue weighted by atomic mass is 9.76. The minimum Gasteiger partial charge on any atom is -0.393 e. The van der Waals surface area contributed by atoms with E-state index in [0.717, 1.165) is 16.9 Å². The van der Waals surface area contributed by atoms with Crippen LogP contribution in [0.15, 0.2) is 28.7 Å². The first-order valence-corrected chi connectivity index (χ1v) is 9.96. The van der Waals surface area contributed by atoms with Crippen LogP contribution in [0.5, 0.6) is 0 Å². The van der Waals surface area contributed by atoms with Gasteiger partial charge in [-0.1, -0.05) is 6.92 Å². The van der Waals surface area contributed by atoms with Crippen molar-refractivity contribution in [3.8, 4) is 0 Å². The molecule has 0 aromatic carbocycles. The van der Waals surface area contributed by atoms with E-state index in [1.807, 2.05) is 19.2 Å². The minimum absolute atomic E-state index is 0.0922. The fourth-order valence-corrected chi connectivity index (χ4v) is 5.46. The molecule has 0 unspecified atom stereocenters. The summed E-state index contributed by atoms with van der Waals surface area (Å²) in [6.07, 6.45) is 5.20. The number of aliphatic hydroxyl groups is 1. The molecular formula is C15H21N3O3S2. The molecular weight excluding hydrogens is 334 g/mol. The lowest BCUT2D eigenvalue weighted by Crippen LogP contribution is -2.41. The zero-order chi connectivity index (χ0) is 16.6. The summed E-state index contributed by atoms with van der Waals surface area (Å²) in [5, 5.41) is 13.7. The molecule has 2 N–H and O–H groups in total. The molecule has 1 saturated carbocycles. The molecule has 0 bridgehead atoms. The largest absolute Gasteiger partial charge is 0.393 e. The second kappa shape index (κ2) is 6.35. The van der Waals surface area contributed by atoms with Crippen molar-refractivity contribution >= 4 is 21.4 Å². The molecule has 1 aliphatic rings. The Morgan fingerprint density at radius 1 is 1.48 bits per heavy atom. The van der Waals surface area contributed by atoms with Gasteiger partial charge in [0.25, 0.3) is 10.0 Å². The second-order valence-electron chi connectivity index (χ2n) is 6.01. The summed E-state index contributed by atoms with van der Waals surface area (Å²) in [5.41, 5.74) is 0.834. The summed E-state index contributed by atoms with van der Waals surface area (Å²) >= 11 is 1.30. The maximum Gasteiger partial charge on any atom is 0.250 e. The number of aliphatic hydroxyl groups excluding tert-OH is 1. The van der Waals surface area contributed by atoms with Crippen molar-refractivity contribution in [2.45, 2.75) is 42.5 Å². The number of nitrogens with one attached hydrogen (secondary N) is 1. The molecule has 0 spiro atoms. The number of nitrogens with zero attached hydrogens (tertiary/aromatic N) is 2. The van der Waals surface area contributed by atoms with Crippen LogP contribution in [0.1, 0.15) is 36.2 Å². The molecule has 0 radical (unpaired) electrons. The zero-order valence-electron chi connectivity index (χ0n) is 13.1. The Morgan fingerprint density at radius 3 is 2.74 bits per heavy atom. The van der Waals surface area contributed by atoms with Gasteiger partial charge in [0.2, 0.25) is 0 Å². The van der Waals surface area contributed by atoms with Gasteiger partial charge in [-0.3, -0.25) is 4.68 Å². The monoisotopic (exact) mass is 355 g/mol. The van der Waals surface area contributed by atoms with Gasteiger partial charge in [-0.2, -0.15) is 5.10 Å². The van der Waals surface area contributed by atoms with E-state index in [9.17, 15) is 13.5 Å². The summed E-state index contributed by atoms with van der Waals surface area (Å²) in [4.78, 5) is 1.04. The Morgan fingerprint density at radius 2 is 2.22 bits per heavy atom. The van der Waals surface area contributed by atoms with Gasteiger partial charge < -0.3 is 5.11 Å². The van der Waals surface area contributed by atoms with Crippen LogP contribution in [0.3, 0.4) is 0 Å². The molecule has 3 rings (SSSR count). The molecule has 0 saturated heterocycles. The van der Waals surface area contributed by atoms with Gasteiger partial charge in [0.05, 0.1) is 18.3 Å². The van der Waals surface area contributed by atoms with Crippen molar-refractivity contribution in [3.63, 3.8) is 0 Å². The summed E-state index contributed by atoms with van der Waals surface area (Å²) < 4.78 is 30.2. The summed E-state index contributed by atoms with van der Waals surface area (Å²) in [6.45, 7) is 2.00. The predicted molar refractivity (Wildman–Crippen MR) is 88.7 cm³/mol. The number of aryl methyl sites for hydroxylation is 2.